The van der Waals surface area contributed by atoms with E-state index in [0.29, 0.717) is 11.4 Å². The van der Waals surface area contributed by atoms with Crippen LogP contribution in [0.1, 0.15) is 25.6 Å². The Kier molecular flexibility index (Phi) is 4.52. The number of H-pyrrole nitrogens is 1. The van der Waals surface area contributed by atoms with Crippen LogP contribution in [-0.2, 0) is 13.2 Å². The molecule has 0 amide bonds. The van der Waals surface area contributed by atoms with Crippen LogP contribution < -0.4 is 4.74 Å². The number of nitrogens with zero attached hydrogens (tertiary/aromatic N) is 2. The molecule has 5 heteroatoms. The Morgan fingerprint density at radius 2 is 2.11 bits per heavy atom. The minimum atomic E-state index is 0.431. The fourth-order valence-corrected chi connectivity index (χ4v) is 1.91. The normalized spacial score (nSPS) is 10.5. The molecule has 0 unspecified atom stereocenters. The number of nitrogens with one attached hydrogen (secondary N) is 1. The van der Waals surface area contributed by atoms with E-state index in [1.54, 1.807) is 0 Å². The first-order chi connectivity index (χ1) is 8.81. The van der Waals surface area contributed by atoms with Gasteiger partial charge in [-0.25, -0.2) is 0 Å². The van der Waals surface area contributed by atoms with Gasteiger partial charge in [0, 0.05) is 6.54 Å². The summed E-state index contributed by atoms with van der Waals surface area (Å²) in [7, 11) is 0. The number of hydrogen-bond acceptors (Lipinski definition) is 3. The number of aromatic amines is 1. The summed E-state index contributed by atoms with van der Waals surface area (Å²) in [5, 5.41) is 7.02. The maximum absolute atomic E-state index is 5.68. The molecular formula is C13H17N3OS. The van der Waals surface area contributed by atoms with E-state index in [-0.39, 0.29) is 0 Å². The van der Waals surface area contributed by atoms with E-state index in [2.05, 4.69) is 17.1 Å². The molecule has 0 spiro atoms. The Hall–Kier alpha value is -1.62. The number of ether oxygens (including phenoxy) is 1. The molecule has 1 heterocycles. The monoisotopic (exact) mass is 263 g/mol. The smallest absolute Gasteiger partial charge is 0.195 e. The lowest BCUT2D eigenvalue weighted by molar-refractivity contribution is 0.288. The molecule has 1 aromatic heterocycles. The van der Waals surface area contributed by atoms with Gasteiger partial charge in [-0.2, -0.15) is 5.10 Å². The topological polar surface area (TPSA) is 42.8 Å². The van der Waals surface area contributed by atoms with Gasteiger partial charge in [0.15, 0.2) is 10.6 Å². The van der Waals surface area contributed by atoms with E-state index in [9.17, 15) is 0 Å². The zero-order chi connectivity index (χ0) is 12.8. The molecule has 0 fully saturated rings. The number of para-hydroxylation sites is 1. The Balaban J connectivity index is 2.03. The highest BCUT2D eigenvalue weighted by Gasteiger charge is 2.06. The second kappa shape index (κ2) is 6.35. The quantitative estimate of drug-likeness (QED) is 0.813. The lowest BCUT2D eigenvalue weighted by Gasteiger charge is -2.07. The van der Waals surface area contributed by atoms with Crippen LogP contribution in [0.3, 0.4) is 0 Å². The Morgan fingerprint density at radius 1 is 1.33 bits per heavy atom. The Labute approximate surface area is 112 Å². The number of unbranched alkanes of at least 4 members (excludes halogenated alkanes) is 1. The third kappa shape index (κ3) is 3.20. The van der Waals surface area contributed by atoms with E-state index >= 15 is 0 Å². The van der Waals surface area contributed by atoms with E-state index in [0.717, 1.165) is 31.0 Å². The molecule has 96 valence electrons. The van der Waals surface area contributed by atoms with Crippen LogP contribution >= 0.6 is 12.2 Å². The summed E-state index contributed by atoms with van der Waals surface area (Å²) in [5.41, 5.74) is 0. The van der Waals surface area contributed by atoms with Gasteiger partial charge in [-0.1, -0.05) is 31.5 Å². The third-order valence-corrected chi connectivity index (χ3v) is 3.00. The van der Waals surface area contributed by atoms with Gasteiger partial charge in [-0.15, -0.1) is 0 Å². The van der Waals surface area contributed by atoms with Gasteiger partial charge in [-0.05, 0) is 30.8 Å². The minimum absolute atomic E-state index is 0.431. The summed E-state index contributed by atoms with van der Waals surface area (Å²) < 4.78 is 8.34. The first-order valence-corrected chi connectivity index (χ1v) is 6.54. The SMILES string of the molecule is CCCCn1c(COc2ccccc2)n[nH]c1=S. The zero-order valence-electron chi connectivity index (χ0n) is 10.4. The predicted octanol–water partition coefficient (Wildman–Crippen LogP) is 3.32. The van der Waals surface area contributed by atoms with Crippen molar-refractivity contribution < 1.29 is 4.74 Å². The largest absolute Gasteiger partial charge is 0.486 e. The van der Waals surface area contributed by atoms with Crippen molar-refractivity contribution in [2.75, 3.05) is 0 Å². The molecule has 0 aliphatic rings. The van der Waals surface area contributed by atoms with E-state index in [1.807, 2.05) is 34.9 Å². The molecule has 0 aliphatic carbocycles. The van der Waals surface area contributed by atoms with Gasteiger partial charge in [0.1, 0.15) is 12.4 Å². The number of benzene rings is 1. The van der Waals surface area contributed by atoms with Crippen molar-refractivity contribution in [3.8, 4) is 5.75 Å². The maximum Gasteiger partial charge on any atom is 0.195 e. The molecule has 0 saturated heterocycles. The van der Waals surface area contributed by atoms with Crippen LogP contribution in [0.25, 0.3) is 0 Å². The predicted molar refractivity (Wildman–Crippen MR) is 73.1 cm³/mol. The summed E-state index contributed by atoms with van der Waals surface area (Å²) in [6.07, 6.45) is 2.22. The lowest BCUT2D eigenvalue weighted by Crippen LogP contribution is -2.07. The van der Waals surface area contributed by atoms with Crippen LogP contribution in [0.15, 0.2) is 30.3 Å². The fraction of sp³-hybridized carbons (Fsp3) is 0.385. The Morgan fingerprint density at radius 3 is 2.83 bits per heavy atom. The molecule has 4 nitrogen and oxygen atoms in total. The van der Waals surface area contributed by atoms with Gasteiger partial charge in [0.05, 0.1) is 0 Å². The maximum atomic E-state index is 5.68. The number of aromatic nitrogens is 3. The lowest BCUT2D eigenvalue weighted by atomic mass is 10.3. The molecule has 0 saturated carbocycles. The van der Waals surface area contributed by atoms with Gasteiger partial charge >= 0.3 is 0 Å². The highest BCUT2D eigenvalue weighted by atomic mass is 32.1. The molecule has 0 bridgehead atoms. The molecule has 2 rings (SSSR count). The second-order valence-corrected chi connectivity index (χ2v) is 4.44. The first-order valence-electron chi connectivity index (χ1n) is 6.13. The van der Waals surface area contributed by atoms with Crippen LogP contribution in [0.2, 0.25) is 0 Å². The average molecular weight is 263 g/mol. The number of rotatable bonds is 6. The molecule has 18 heavy (non-hydrogen) atoms. The van der Waals surface area contributed by atoms with Crippen molar-refractivity contribution in [3.63, 3.8) is 0 Å². The van der Waals surface area contributed by atoms with Crippen molar-refractivity contribution in [1.82, 2.24) is 14.8 Å². The summed E-state index contributed by atoms with van der Waals surface area (Å²) in [5.74, 6) is 1.69. The fourth-order valence-electron chi connectivity index (χ4n) is 1.67. The zero-order valence-corrected chi connectivity index (χ0v) is 11.2. The number of hydrogen-bond donors (Lipinski definition) is 1. The van der Waals surface area contributed by atoms with Gasteiger partial charge < -0.3 is 9.30 Å². The van der Waals surface area contributed by atoms with Crippen LogP contribution in [0.5, 0.6) is 5.75 Å². The average Bonchev–Trinajstić information content (AvgIpc) is 2.76. The second-order valence-electron chi connectivity index (χ2n) is 4.05. The van der Waals surface area contributed by atoms with Crippen molar-refractivity contribution in [3.05, 3.63) is 40.9 Å². The van der Waals surface area contributed by atoms with Crippen molar-refractivity contribution in [1.29, 1.82) is 0 Å². The molecule has 0 radical (unpaired) electrons. The van der Waals surface area contributed by atoms with E-state index < -0.39 is 0 Å². The molecule has 1 aromatic carbocycles. The molecule has 1 N–H and O–H groups in total. The van der Waals surface area contributed by atoms with Gasteiger partial charge in [0.2, 0.25) is 0 Å². The third-order valence-electron chi connectivity index (χ3n) is 2.68. The summed E-state index contributed by atoms with van der Waals surface area (Å²) in [6, 6.07) is 9.71. The molecule has 0 aliphatic heterocycles. The van der Waals surface area contributed by atoms with Crippen LogP contribution in [0, 0.1) is 4.77 Å². The van der Waals surface area contributed by atoms with Gasteiger partial charge in [-0.3, -0.25) is 5.10 Å². The van der Waals surface area contributed by atoms with Crippen LogP contribution in [-0.4, -0.2) is 14.8 Å². The highest BCUT2D eigenvalue weighted by molar-refractivity contribution is 7.71. The van der Waals surface area contributed by atoms with E-state index in [4.69, 9.17) is 17.0 Å². The summed E-state index contributed by atoms with van der Waals surface area (Å²) in [6.45, 7) is 3.48. The minimum Gasteiger partial charge on any atom is -0.486 e. The summed E-state index contributed by atoms with van der Waals surface area (Å²) >= 11 is 5.21. The van der Waals surface area contributed by atoms with Crippen LogP contribution in [0.4, 0.5) is 0 Å². The molecule has 0 atom stereocenters. The first kappa shape index (κ1) is 12.8. The highest BCUT2D eigenvalue weighted by Crippen LogP contribution is 2.11. The van der Waals surface area contributed by atoms with Crippen molar-refractivity contribution >= 4 is 12.2 Å². The van der Waals surface area contributed by atoms with Crippen molar-refractivity contribution in [2.24, 2.45) is 0 Å². The molecular weight excluding hydrogens is 246 g/mol. The van der Waals surface area contributed by atoms with Gasteiger partial charge in [0.25, 0.3) is 0 Å². The standard InChI is InChI=1S/C13H17N3OS/c1-2-3-9-16-12(14-15-13(16)18)10-17-11-7-5-4-6-8-11/h4-8H,2-3,9-10H2,1H3,(H,15,18). The molecule has 2 aromatic rings. The van der Waals surface area contributed by atoms with E-state index in [1.165, 1.54) is 0 Å². The Bertz CT molecular complexity index is 533. The van der Waals surface area contributed by atoms with Crippen molar-refractivity contribution in [2.45, 2.75) is 32.9 Å². The summed E-state index contributed by atoms with van der Waals surface area (Å²) in [4.78, 5) is 0.